The molecule has 1 fully saturated rings. The van der Waals surface area contributed by atoms with Gasteiger partial charge in [-0.25, -0.2) is 17.2 Å². The van der Waals surface area contributed by atoms with Crippen LogP contribution in [0.15, 0.2) is 18.2 Å². The van der Waals surface area contributed by atoms with Gasteiger partial charge < -0.3 is 5.32 Å². The van der Waals surface area contributed by atoms with Crippen LogP contribution in [-0.4, -0.2) is 32.5 Å². The van der Waals surface area contributed by atoms with Crippen molar-refractivity contribution >= 4 is 9.84 Å². The monoisotopic (exact) mass is 317 g/mol. The van der Waals surface area contributed by atoms with Gasteiger partial charge in [0.2, 0.25) is 0 Å². The number of nitrogens with one attached hydrogen (secondary N) is 1. The zero-order valence-electron chi connectivity index (χ0n) is 12.1. The van der Waals surface area contributed by atoms with Gasteiger partial charge in [-0.05, 0) is 43.9 Å². The molecule has 1 saturated heterocycles. The van der Waals surface area contributed by atoms with E-state index < -0.39 is 21.5 Å². The summed E-state index contributed by atoms with van der Waals surface area (Å²) in [5.41, 5.74) is 0.0734. The fourth-order valence-electron chi connectivity index (χ4n) is 2.96. The van der Waals surface area contributed by atoms with Crippen molar-refractivity contribution in [1.82, 2.24) is 5.32 Å². The van der Waals surface area contributed by atoms with Crippen molar-refractivity contribution in [3.63, 3.8) is 0 Å². The summed E-state index contributed by atoms with van der Waals surface area (Å²) >= 11 is 0. The maximum absolute atomic E-state index is 13.7. The van der Waals surface area contributed by atoms with Gasteiger partial charge in [-0.1, -0.05) is 13.0 Å². The standard InChI is InChI=1S/C15H21F2NO2S/c1-2-18-12(8-11-6-7-21(19,20)10-11)9-13-14(16)4-3-5-15(13)17/h3-5,11-12,18H,2,6-10H2,1H3. The first kappa shape index (κ1) is 16.4. The van der Waals surface area contributed by atoms with Crippen molar-refractivity contribution in [3.8, 4) is 0 Å². The van der Waals surface area contributed by atoms with E-state index in [2.05, 4.69) is 5.32 Å². The van der Waals surface area contributed by atoms with Gasteiger partial charge in [-0.3, -0.25) is 0 Å². The van der Waals surface area contributed by atoms with Gasteiger partial charge in [-0.15, -0.1) is 0 Å². The molecule has 1 heterocycles. The summed E-state index contributed by atoms with van der Waals surface area (Å²) in [6.45, 7) is 2.61. The van der Waals surface area contributed by atoms with Gasteiger partial charge in [0, 0.05) is 11.6 Å². The molecule has 0 aromatic heterocycles. The normalized spacial score (nSPS) is 22.3. The molecule has 1 N–H and O–H groups in total. The molecular formula is C15H21F2NO2S. The molecule has 0 radical (unpaired) electrons. The minimum atomic E-state index is -2.92. The Labute approximate surface area is 124 Å². The van der Waals surface area contributed by atoms with Crippen molar-refractivity contribution < 1.29 is 17.2 Å². The summed E-state index contributed by atoms with van der Waals surface area (Å²) in [6.07, 6.45) is 1.51. The average molecular weight is 317 g/mol. The molecule has 2 atom stereocenters. The Kier molecular flexibility index (Phi) is 5.32. The molecule has 1 aromatic rings. The molecule has 21 heavy (non-hydrogen) atoms. The van der Waals surface area contributed by atoms with Crippen LogP contribution in [0.2, 0.25) is 0 Å². The molecule has 2 rings (SSSR count). The van der Waals surface area contributed by atoms with Gasteiger partial charge in [-0.2, -0.15) is 0 Å². The minimum Gasteiger partial charge on any atom is -0.314 e. The van der Waals surface area contributed by atoms with Gasteiger partial charge >= 0.3 is 0 Å². The molecule has 2 unspecified atom stereocenters. The molecule has 3 nitrogen and oxygen atoms in total. The van der Waals surface area contributed by atoms with Crippen LogP contribution in [-0.2, 0) is 16.3 Å². The van der Waals surface area contributed by atoms with Crippen LogP contribution < -0.4 is 5.32 Å². The van der Waals surface area contributed by atoms with E-state index in [0.29, 0.717) is 19.4 Å². The number of sulfone groups is 1. The van der Waals surface area contributed by atoms with E-state index in [0.717, 1.165) is 0 Å². The molecule has 0 saturated carbocycles. The van der Waals surface area contributed by atoms with E-state index >= 15 is 0 Å². The number of benzene rings is 1. The zero-order chi connectivity index (χ0) is 15.5. The van der Waals surface area contributed by atoms with Crippen molar-refractivity contribution in [2.24, 2.45) is 5.92 Å². The van der Waals surface area contributed by atoms with E-state index in [1.807, 2.05) is 6.92 Å². The Morgan fingerprint density at radius 2 is 2.00 bits per heavy atom. The summed E-state index contributed by atoms with van der Waals surface area (Å²) in [4.78, 5) is 0. The van der Waals surface area contributed by atoms with Gasteiger partial charge in [0.25, 0.3) is 0 Å². The largest absolute Gasteiger partial charge is 0.314 e. The highest BCUT2D eigenvalue weighted by Gasteiger charge is 2.30. The van der Waals surface area contributed by atoms with Gasteiger partial charge in [0.05, 0.1) is 11.5 Å². The quantitative estimate of drug-likeness (QED) is 0.876. The third-order valence-electron chi connectivity index (χ3n) is 3.95. The lowest BCUT2D eigenvalue weighted by Crippen LogP contribution is -2.34. The van der Waals surface area contributed by atoms with Crippen LogP contribution >= 0.6 is 0 Å². The molecule has 1 aliphatic heterocycles. The fourth-order valence-corrected chi connectivity index (χ4v) is 4.84. The maximum Gasteiger partial charge on any atom is 0.150 e. The Morgan fingerprint density at radius 1 is 1.33 bits per heavy atom. The summed E-state index contributed by atoms with van der Waals surface area (Å²) in [5.74, 6) is -0.595. The van der Waals surface area contributed by atoms with Crippen LogP contribution in [0.4, 0.5) is 8.78 Å². The lowest BCUT2D eigenvalue weighted by atomic mass is 9.94. The summed E-state index contributed by atoms with van der Waals surface area (Å²) in [7, 11) is -2.92. The summed E-state index contributed by atoms with van der Waals surface area (Å²) in [5, 5.41) is 3.21. The van der Waals surface area contributed by atoms with Gasteiger partial charge in [0.1, 0.15) is 11.6 Å². The Balaban J connectivity index is 2.06. The van der Waals surface area contributed by atoms with Crippen molar-refractivity contribution in [2.45, 2.75) is 32.2 Å². The number of hydrogen-bond donors (Lipinski definition) is 1. The first-order valence-electron chi connectivity index (χ1n) is 7.28. The van der Waals surface area contributed by atoms with Crippen LogP contribution in [0.3, 0.4) is 0 Å². The second-order valence-corrected chi connectivity index (χ2v) is 7.89. The van der Waals surface area contributed by atoms with Gasteiger partial charge in [0.15, 0.2) is 9.84 Å². The molecule has 0 spiro atoms. The van der Waals surface area contributed by atoms with E-state index in [4.69, 9.17) is 0 Å². The van der Waals surface area contributed by atoms with E-state index in [9.17, 15) is 17.2 Å². The van der Waals surface area contributed by atoms with Crippen molar-refractivity contribution in [3.05, 3.63) is 35.4 Å². The Bertz CT molecular complexity index is 569. The number of halogens is 2. The van der Waals surface area contributed by atoms with E-state index in [1.54, 1.807) is 0 Å². The topological polar surface area (TPSA) is 46.2 Å². The summed E-state index contributed by atoms with van der Waals surface area (Å²) < 4.78 is 50.5. The molecule has 0 bridgehead atoms. The highest BCUT2D eigenvalue weighted by Crippen LogP contribution is 2.25. The van der Waals surface area contributed by atoms with Crippen LogP contribution in [0.25, 0.3) is 0 Å². The van der Waals surface area contributed by atoms with Crippen molar-refractivity contribution in [2.75, 3.05) is 18.1 Å². The van der Waals surface area contributed by atoms with Crippen molar-refractivity contribution in [1.29, 1.82) is 0 Å². The second kappa shape index (κ2) is 6.83. The highest BCUT2D eigenvalue weighted by molar-refractivity contribution is 7.91. The molecule has 0 aliphatic carbocycles. The number of likely N-dealkylation sites (N-methyl/N-ethyl adjacent to an activating group) is 1. The van der Waals surface area contributed by atoms with E-state index in [1.165, 1.54) is 18.2 Å². The lowest BCUT2D eigenvalue weighted by molar-refractivity contribution is 0.399. The van der Waals surface area contributed by atoms with Crippen LogP contribution in [0.5, 0.6) is 0 Å². The van der Waals surface area contributed by atoms with E-state index in [-0.39, 0.29) is 35.4 Å². The second-order valence-electron chi connectivity index (χ2n) is 5.66. The number of rotatable bonds is 6. The first-order valence-corrected chi connectivity index (χ1v) is 9.10. The van der Waals surface area contributed by atoms with Crippen LogP contribution in [0, 0.1) is 17.6 Å². The third-order valence-corrected chi connectivity index (χ3v) is 5.79. The molecule has 0 amide bonds. The highest BCUT2D eigenvalue weighted by atomic mass is 32.2. The molecular weight excluding hydrogens is 296 g/mol. The molecule has 1 aliphatic rings. The number of hydrogen-bond acceptors (Lipinski definition) is 3. The molecule has 118 valence electrons. The summed E-state index contributed by atoms with van der Waals surface area (Å²) in [6, 6.07) is 3.74. The minimum absolute atomic E-state index is 0.0734. The molecule has 1 aromatic carbocycles. The smallest absolute Gasteiger partial charge is 0.150 e. The third kappa shape index (κ3) is 4.48. The lowest BCUT2D eigenvalue weighted by Gasteiger charge is -2.21. The maximum atomic E-state index is 13.7. The predicted octanol–water partition coefficient (Wildman–Crippen LogP) is 2.31. The Morgan fingerprint density at radius 3 is 2.52 bits per heavy atom. The Hall–Kier alpha value is -1.01. The first-order chi connectivity index (χ1) is 9.91. The zero-order valence-corrected chi connectivity index (χ0v) is 12.9. The fraction of sp³-hybridized carbons (Fsp3) is 0.600. The predicted molar refractivity (Wildman–Crippen MR) is 78.9 cm³/mol. The average Bonchev–Trinajstić information content (AvgIpc) is 2.73. The molecule has 6 heteroatoms. The SMILES string of the molecule is CCNC(Cc1c(F)cccc1F)CC1CCS(=O)(=O)C1. The van der Waals surface area contributed by atoms with Crippen LogP contribution in [0.1, 0.15) is 25.3 Å².